The zero-order chi connectivity index (χ0) is 15.2. The highest BCUT2D eigenvalue weighted by Crippen LogP contribution is 2.26. The number of rotatable bonds is 5. The van der Waals surface area contributed by atoms with Crippen molar-refractivity contribution in [3.8, 4) is 0 Å². The predicted molar refractivity (Wildman–Crippen MR) is 94.8 cm³/mol. The second-order valence-corrected chi connectivity index (χ2v) is 6.71. The molecule has 2 nitrogen and oxygen atoms in total. The van der Waals surface area contributed by atoms with Crippen molar-refractivity contribution in [2.24, 2.45) is 0 Å². The molecule has 0 spiro atoms. The molecule has 0 fully saturated rings. The van der Waals surface area contributed by atoms with E-state index in [1.54, 1.807) is 11.8 Å². The van der Waals surface area contributed by atoms with Gasteiger partial charge in [-0.3, -0.25) is 4.79 Å². The second-order valence-electron chi connectivity index (χ2n) is 4.87. The molecule has 2 aromatic rings. The smallest absolute Gasteiger partial charge is 0.234 e. The van der Waals surface area contributed by atoms with E-state index < -0.39 is 0 Å². The summed E-state index contributed by atoms with van der Waals surface area (Å²) in [5, 5.41) is 2.98. The molecule has 0 saturated carbocycles. The van der Waals surface area contributed by atoms with Gasteiger partial charge in [-0.25, -0.2) is 0 Å². The van der Waals surface area contributed by atoms with Crippen molar-refractivity contribution >= 4 is 39.3 Å². The van der Waals surface area contributed by atoms with Crippen LogP contribution in [0, 0.1) is 13.8 Å². The summed E-state index contributed by atoms with van der Waals surface area (Å²) in [5.74, 6) is 1.36. The third kappa shape index (κ3) is 4.61. The van der Waals surface area contributed by atoms with Crippen molar-refractivity contribution in [1.82, 2.24) is 0 Å². The molecule has 110 valence electrons. The van der Waals surface area contributed by atoms with E-state index in [4.69, 9.17) is 0 Å². The van der Waals surface area contributed by atoms with Gasteiger partial charge in [-0.05, 0) is 42.7 Å². The molecule has 0 aliphatic carbocycles. The molecule has 0 atom stereocenters. The van der Waals surface area contributed by atoms with Crippen LogP contribution in [-0.4, -0.2) is 11.7 Å². The van der Waals surface area contributed by atoms with Gasteiger partial charge in [-0.2, -0.15) is 0 Å². The summed E-state index contributed by atoms with van der Waals surface area (Å²) in [6.45, 7) is 4.06. The van der Waals surface area contributed by atoms with Gasteiger partial charge in [0.1, 0.15) is 0 Å². The number of halogens is 1. The van der Waals surface area contributed by atoms with Crippen LogP contribution in [0.15, 0.2) is 46.9 Å². The summed E-state index contributed by atoms with van der Waals surface area (Å²) >= 11 is 5.12. The Kier molecular flexibility index (Phi) is 5.88. The van der Waals surface area contributed by atoms with Crippen molar-refractivity contribution in [3.63, 3.8) is 0 Å². The van der Waals surface area contributed by atoms with E-state index in [0.717, 1.165) is 27.0 Å². The van der Waals surface area contributed by atoms with Crippen LogP contribution in [0.2, 0.25) is 0 Å². The molecule has 0 aliphatic rings. The van der Waals surface area contributed by atoms with Gasteiger partial charge < -0.3 is 5.32 Å². The van der Waals surface area contributed by atoms with Gasteiger partial charge in [0.2, 0.25) is 5.91 Å². The highest BCUT2D eigenvalue weighted by atomic mass is 79.9. The van der Waals surface area contributed by atoms with Gasteiger partial charge >= 0.3 is 0 Å². The Morgan fingerprint density at radius 3 is 2.52 bits per heavy atom. The van der Waals surface area contributed by atoms with Crippen LogP contribution in [0.1, 0.15) is 16.7 Å². The molecule has 0 bridgehead atoms. The summed E-state index contributed by atoms with van der Waals surface area (Å²) in [7, 11) is 0. The molecule has 0 aliphatic heterocycles. The zero-order valence-electron chi connectivity index (χ0n) is 12.2. The highest BCUT2D eigenvalue weighted by molar-refractivity contribution is 9.10. The van der Waals surface area contributed by atoms with Crippen LogP contribution in [0.5, 0.6) is 0 Å². The average Bonchev–Trinajstić information content (AvgIpc) is 2.49. The van der Waals surface area contributed by atoms with E-state index in [1.165, 1.54) is 5.56 Å². The Morgan fingerprint density at radius 1 is 1.10 bits per heavy atom. The van der Waals surface area contributed by atoms with Gasteiger partial charge in [0.25, 0.3) is 0 Å². The SMILES string of the molecule is Cc1c(Br)ccc(NC(=O)CSCc2ccccc2)c1C. The van der Waals surface area contributed by atoms with Crippen molar-refractivity contribution in [3.05, 3.63) is 63.6 Å². The summed E-state index contributed by atoms with van der Waals surface area (Å²) in [4.78, 5) is 12.0. The monoisotopic (exact) mass is 363 g/mol. The largest absolute Gasteiger partial charge is 0.325 e. The molecule has 0 heterocycles. The highest BCUT2D eigenvalue weighted by Gasteiger charge is 2.08. The van der Waals surface area contributed by atoms with Gasteiger partial charge in [0, 0.05) is 15.9 Å². The first kappa shape index (κ1) is 16.1. The van der Waals surface area contributed by atoms with E-state index in [2.05, 4.69) is 33.4 Å². The lowest BCUT2D eigenvalue weighted by atomic mass is 10.1. The van der Waals surface area contributed by atoms with Crippen molar-refractivity contribution in [2.45, 2.75) is 19.6 Å². The number of nitrogens with one attached hydrogen (secondary N) is 1. The number of amides is 1. The second kappa shape index (κ2) is 7.66. The van der Waals surface area contributed by atoms with E-state index in [0.29, 0.717) is 5.75 Å². The molecule has 21 heavy (non-hydrogen) atoms. The maximum absolute atomic E-state index is 12.0. The van der Waals surface area contributed by atoms with Gasteiger partial charge in [-0.15, -0.1) is 11.8 Å². The van der Waals surface area contributed by atoms with E-state index in [1.807, 2.05) is 44.2 Å². The zero-order valence-corrected chi connectivity index (χ0v) is 14.6. The number of hydrogen-bond donors (Lipinski definition) is 1. The molecule has 0 saturated heterocycles. The number of thioether (sulfide) groups is 1. The lowest BCUT2D eigenvalue weighted by Gasteiger charge is -2.11. The first-order valence-corrected chi connectivity index (χ1v) is 8.70. The Labute approximate surface area is 138 Å². The fourth-order valence-corrected chi connectivity index (χ4v) is 3.16. The van der Waals surface area contributed by atoms with Gasteiger partial charge in [0.05, 0.1) is 5.75 Å². The number of anilines is 1. The quantitative estimate of drug-likeness (QED) is 0.814. The Morgan fingerprint density at radius 2 is 1.81 bits per heavy atom. The van der Waals surface area contributed by atoms with Gasteiger partial charge in [0.15, 0.2) is 0 Å². The van der Waals surface area contributed by atoms with Crippen molar-refractivity contribution < 1.29 is 4.79 Å². The number of carbonyl (C=O) groups excluding carboxylic acids is 1. The Hall–Kier alpha value is -1.26. The molecular formula is C17H18BrNOS. The first-order valence-electron chi connectivity index (χ1n) is 6.75. The summed E-state index contributed by atoms with van der Waals surface area (Å²) in [6, 6.07) is 14.1. The summed E-state index contributed by atoms with van der Waals surface area (Å²) in [5.41, 5.74) is 4.39. The molecule has 1 amide bonds. The maximum atomic E-state index is 12.0. The molecule has 0 aromatic heterocycles. The summed E-state index contributed by atoms with van der Waals surface area (Å²) in [6.07, 6.45) is 0. The third-order valence-electron chi connectivity index (χ3n) is 3.34. The minimum atomic E-state index is 0.0424. The fourth-order valence-electron chi connectivity index (χ4n) is 1.95. The molecule has 2 aromatic carbocycles. The van der Waals surface area contributed by atoms with Crippen LogP contribution in [0.4, 0.5) is 5.69 Å². The molecule has 2 rings (SSSR count). The third-order valence-corrected chi connectivity index (χ3v) is 5.20. The van der Waals surface area contributed by atoms with Crippen LogP contribution in [0.3, 0.4) is 0 Å². The fraction of sp³-hybridized carbons (Fsp3) is 0.235. The van der Waals surface area contributed by atoms with E-state index in [-0.39, 0.29) is 5.91 Å². The lowest BCUT2D eigenvalue weighted by molar-refractivity contribution is -0.113. The minimum absolute atomic E-state index is 0.0424. The van der Waals surface area contributed by atoms with Crippen LogP contribution in [-0.2, 0) is 10.5 Å². The van der Waals surface area contributed by atoms with Crippen LogP contribution >= 0.6 is 27.7 Å². The minimum Gasteiger partial charge on any atom is -0.325 e. The van der Waals surface area contributed by atoms with Gasteiger partial charge in [-0.1, -0.05) is 46.3 Å². The van der Waals surface area contributed by atoms with Crippen molar-refractivity contribution in [1.29, 1.82) is 0 Å². The predicted octanol–water partition coefficient (Wildman–Crippen LogP) is 4.94. The molecule has 0 unspecified atom stereocenters. The molecule has 0 radical (unpaired) electrons. The topological polar surface area (TPSA) is 29.1 Å². The van der Waals surface area contributed by atoms with E-state index in [9.17, 15) is 4.79 Å². The Balaban J connectivity index is 1.86. The standard InChI is InChI=1S/C17H18BrNOS/c1-12-13(2)16(9-8-15(12)18)19-17(20)11-21-10-14-6-4-3-5-7-14/h3-9H,10-11H2,1-2H3,(H,19,20). The average molecular weight is 364 g/mol. The molecule has 1 N–H and O–H groups in total. The molecular weight excluding hydrogens is 346 g/mol. The summed E-state index contributed by atoms with van der Waals surface area (Å²) < 4.78 is 1.07. The van der Waals surface area contributed by atoms with Crippen LogP contribution in [0.25, 0.3) is 0 Å². The molecule has 4 heteroatoms. The Bertz CT molecular complexity index is 628. The van der Waals surface area contributed by atoms with Crippen LogP contribution < -0.4 is 5.32 Å². The number of hydrogen-bond acceptors (Lipinski definition) is 2. The normalized spacial score (nSPS) is 10.4. The van der Waals surface area contributed by atoms with Crippen molar-refractivity contribution in [2.75, 3.05) is 11.1 Å². The first-order chi connectivity index (χ1) is 10.1. The number of benzene rings is 2. The maximum Gasteiger partial charge on any atom is 0.234 e. The van der Waals surface area contributed by atoms with E-state index >= 15 is 0 Å². The number of carbonyl (C=O) groups is 1. The lowest BCUT2D eigenvalue weighted by Crippen LogP contribution is -2.15.